The predicted octanol–water partition coefficient (Wildman–Crippen LogP) is 1.11. The van der Waals surface area contributed by atoms with Crippen LogP contribution in [0.2, 0.25) is 0 Å². The van der Waals surface area contributed by atoms with Crippen LogP contribution in [0.25, 0.3) is 0 Å². The van der Waals surface area contributed by atoms with Crippen molar-refractivity contribution in [1.29, 1.82) is 0 Å². The Hall–Kier alpha value is -0.590. The summed E-state index contributed by atoms with van der Waals surface area (Å²) in [4.78, 5) is 0.248. The van der Waals surface area contributed by atoms with E-state index in [2.05, 4.69) is 10.2 Å². The number of piperidine rings is 1. The summed E-state index contributed by atoms with van der Waals surface area (Å²) in [6, 6.07) is 0. The number of hydrogen-bond acceptors (Lipinski definition) is 3. The van der Waals surface area contributed by atoms with Crippen molar-refractivity contribution in [2.24, 2.45) is 0 Å². The van der Waals surface area contributed by atoms with Crippen molar-refractivity contribution < 1.29 is 8.42 Å². The molecule has 7 heteroatoms. The van der Waals surface area contributed by atoms with E-state index in [9.17, 15) is 8.42 Å². The molecule has 0 radical (unpaired) electrons. The minimum Gasteiger partial charge on any atom is -0.281 e. The fourth-order valence-electron chi connectivity index (χ4n) is 1.85. The fourth-order valence-corrected chi connectivity index (χ4v) is 3.89. The molecule has 1 aromatic rings. The molecule has 1 atom stereocenters. The number of nitrogens with zero attached hydrogens (tertiary/aromatic N) is 2. The van der Waals surface area contributed by atoms with Gasteiger partial charge < -0.3 is 0 Å². The molecule has 1 N–H and O–H groups in total. The number of hydrogen-bond donors (Lipinski definition) is 1. The average molecular weight is 264 g/mol. The molecule has 0 bridgehead atoms. The van der Waals surface area contributed by atoms with Gasteiger partial charge in [-0.05, 0) is 19.8 Å². The SMILES string of the molecule is Cc1[nH]ncc1S(=O)(=O)N1CCCC(Cl)C1. The summed E-state index contributed by atoms with van der Waals surface area (Å²) in [5.74, 6) is 0. The zero-order chi connectivity index (χ0) is 11.8. The maximum Gasteiger partial charge on any atom is 0.246 e. The lowest BCUT2D eigenvalue weighted by molar-refractivity contribution is 0.350. The van der Waals surface area contributed by atoms with Crippen LogP contribution in [0.3, 0.4) is 0 Å². The van der Waals surface area contributed by atoms with Gasteiger partial charge in [0.2, 0.25) is 10.0 Å². The first-order valence-electron chi connectivity index (χ1n) is 5.16. The minimum atomic E-state index is -3.43. The Labute approximate surface area is 99.8 Å². The lowest BCUT2D eigenvalue weighted by Gasteiger charge is -2.28. The summed E-state index contributed by atoms with van der Waals surface area (Å²) in [6.07, 6.45) is 3.03. The van der Waals surface area contributed by atoms with Gasteiger partial charge in [0.1, 0.15) is 4.90 Å². The van der Waals surface area contributed by atoms with Gasteiger partial charge in [0, 0.05) is 18.5 Å². The van der Waals surface area contributed by atoms with Crippen molar-refractivity contribution >= 4 is 21.6 Å². The molecule has 90 valence electrons. The van der Waals surface area contributed by atoms with E-state index in [0.717, 1.165) is 12.8 Å². The number of aromatic amines is 1. The van der Waals surface area contributed by atoms with Crippen LogP contribution < -0.4 is 0 Å². The highest BCUT2D eigenvalue weighted by Gasteiger charge is 2.31. The number of aryl methyl sites for hydroxylation is 1. The van der Waals surface area contributed by atoms with Gasteiger partial charge in [-0.25, -0.2) is 8.42 Å². The first-order valence-corrected chi connectivity index (χ1v) is 7.03. The van der Waals surface area contributed by atoms with E-state index in [-0.39, 0.29) is 10.3 Å². The fraction of sp³-hybridized carbons (Fsp3) is 0.667. The molecule has 1 unspecified atom stereocenters. The molecular weight excluding hydrogens is 250 g/mol. The molecule has 0 amide bonds. The molecule has 0 aliphatic carbocycles. The zero-order valence-corrected chi connectivity index (χ0v) is 10.6. The van der Waals surface area contributed by atoms with Gasteiger partial charge in [0.15, 0.2) is 0 Å². The standard InChI is InChI=1S/C9H14ClN3O2S/c1-7-9(5-11-12-7)16(14,15)13-4-2-3-8(10)6-13/h5,8H,2-4,6H2,1H3,(H,11,12). The van der Waals surface area contributed by atoms with Crippen molar-refractivity contribution in [3.8, 4) is 0 Å². The Morgan fingerprint density at radius 3 is 2.94 bits per heavy atom. The Balaban J connectivity index is 2.29. The summed E-state index contributed by atoms with van der Waals surface area (Å²) in [5, 5.41) is 6.29. The van der Waals surface area contributed by atoms with Crippen molar-refractivity contribution in [2.45, 2.75) is 30.0 Å². The molecule has 0 saturated carbocycles. The molecular formula is C9H14ClN3O2S. The highest BCUT2D eigenvalue weighted by Crippen LogP contribution is 2.23. The van der Waals surface area contributed by atoms with Crippen LogP contribution in [-0.2, 0) is 10.0 Å². The van der Waals surface area contributed by atoms with E-state index in [1.54, 1.807) is 6.92 Å². The second-order valence-electron chi connectivity index (χ2n) is 3.96. The van der Waals surface area contributed by atoms with Gasteiger partial charge in [-0.15, -0.1) is 11.6 Å². The summed E-state index contributed by atoms with van der Waals surface area (Å²) in [5.41, 5.74) is 0.566. The smallest absolute Gasteiger partial charge is 0.246 e. The van der Waals surface area contributed by atoms with Crippen LogP contribution in [0.5, 0.6) is 0 Å². The highest BCUT2D eigenvalue weighted by molar-refractivity contribution is 7.89. The summed E-state index contributed by atoms with van der Waals surface area (Å²) < 4.78 is 25.9. The topological polar surface area (TPSA) is 66.1 Å². The van der Waals surface area contributed by atoms with Gasteiger partial charge in [-0.3, -0.25) is 5.10 Å². The predicted molar refractivity (Wildman–Crippen MR) is 61.0 cm³/mol. The Bertz CT molecular complexity index is 471. The molecule has 1 aliphatic rings. The van der Waals surface area contributed by atoms with Crippen molar-refractivity contribution in [2.75, 3.05) is 13.1 Å². The van der Waals surface area contributed by atoms with Crippen LogP contribution >= 0.6 is 11.6 Å². The minimum absolute atomic E-state index is 0.0873. The van der Waals surface area contributed by atoms with Crippen molar-refractivity contribution in [1.82, 2.24) is 14.5 Å². The maximum atomic E-state index is 12.2. The quantitative estimate of drug-likeness (QED) is 0.813. The second kappa shape index (κ2) is 4.35. The van der Waals surface area contributed by atoms with Gasteiger partial charge in [-0.2, -0.15) is 9.40 Å². The van der Waals surface area contributed by atoms with Gasteiger partial charge in [0.05, 0.1) is 11.9 Å². The lowest BCUT2D eigenvalue weighted by atomic mass is 10.2. The maximum absolute atomic E-state index is 12.2. The van der Waals surface area contributed by atoms with E-state index in [0.29, 0.717) is 18.8 Å². The molecule has 1 aliphatic heterocycles. The third kappa shape index (κ3) is 2.09. The molecule has 0 aromatic carbocycles. The summed E-state index contributed by atoms with van der Waals surface area (Å²) >= 11 is 5.99. The van der Waals surface area contributed by atoms with E-state index in [1.165, 1.54) is 10.5 Å². The number of sulfonamides is 1. The molecule has 1 saturated heterocycles. The first kappa shape index (κ1) is 11.9. The van der Waals surface area contributed by atoms with Gasteiger partial charge >= 0.3 is 0 Å². The van der Waals surface area contributed by atoms with E-state index in [4.69, 9.17) is 11.6 Å². The van der Waals surface area contributed by atoms with Crippen LogP contribution in [0.15, 0.2) is 11.1 Å². The Morgan fingerprint density at radius 1 is 1.62 bits per heavy atom. The van der Waals surface area contributed by atoms with Crippen LogP contribution in [0.1, 0.15) is 18.5 Å². The van der Waals surface area contributed by atoms with Crippen molar-refractivity contribution in [3.63, 3.8) is 0 Å². The van der Waals surface area contributed by atoms with E-state index in [1.807, 2.05) is 0 Å². The van der Waals surface area contributed by atoms with E-state index >= 15 is 0 Å². The summed E-state index contributed by atoms with van der Waals surface area (Å²) in [7, 11) is -3.43. The summed E-state index contributed by atoms with van der Waals surface area (Å²) in [6.45, 7) is 2.62. The number of alkyl halides is 1. The third-order valence-corrected chi connectivity index (χ3v) is 5.06. The normalized spacial score (nSPS) is 23.5. The second-order valence-corrected chi connectivity index (χ2v) is 6.49. The molecule has 2 heterocycles. The highest BCUT2D eigenvalue weighted by atomic mass is 35.5. The van der Waals surface area contributed by atoms with Crippen LogP contribution in [0, 0.1) is 6.92 Å². The molecule has 2 rings (SSSR count). The molecule has 16 heavy (non-hydrogen) atoms. The first-order chi connectivity index (χ1) is 7.51. The Morgan fingerprint density at radius 2 is 2.38 bits per heavy atom. The van der Waals surface area contributed by atoms with Crippen LogP contribution in [0.4, 0.5) is 0 Å². The number of halogens is 1. The third-order valence-electron chi connectivity index (χ3n) is 2.73. The molecule has 1 aromatic heterocycles. The zero-order valence-electron chi connectivity index (χ0n) is 8.98. The molecule has 0 spiro atoms. The molecule has 5 nitrogen and oxygen atoms in total. The molecule has 1 fully saturated rings. The number of nitrogens with one attached hydrogen (secondary N) is 1. The van der Waals surface area contributed by atoms with Crippen molar-refractivity contribution in [3.05, 3.63) is 11.9 Å². The van der Waals surface area contributed by atoms with Crippen LogP contribution in [-0.4, -0.2) is 41.4 Å². The van der Waals surface area contributed by atoms with Gasteiger partial charge in [0.25, 0.3) is 0 Å². The Kier molecular flexibility index (Phi) is 3.23. The van der Waals surface area contributed by atoms with Gasteiger partial charge in [-0.1, -0.05) is 0 Å². The van der Waals surface area contributed by atoms with E-state index < -0.39 is 10.0 Å². The largest absolute Gasteiger partial charge is 0.281 e. The lowest BCUT2D eigenvalue weighted by Crippen LogP contribution is -2.40. The number of H-pyrrole nitrogens is 1. The monoisotopic (exact) mass is 263 g/mol. The average Bonchev–Trinajstić information content (AvgIpc) is 2.65. The number of aromatic nitrogens is 2. The number of rotatable bonds is 2.